The summed E-state index contributed by atoms with van der Waals surface area (Å²) in [6, 6.07) is 6.19. The highest BCUT2D eigenvalue weighted by molar-refractivity contribution is 9.10. The summed E-state index contributed by atoms with van der Waals surface area (Å²) in [5.41, 5.74) is 1.90. The molecule has 0 spiro atoms. The van der Waals surface area contributed by atoms with Crippen molar-refractivity contribution in [2.45, 2.75) is 32.7 Å². The number of carbonyl (C=O) groups excluding carboxylic acids is 1. The molecule has 1 aromatic rings. The Hall–Kier alpha value is -1.07. The molecular weight excluding hydrogens is 318 g/mol. The molecule has 110 valence electrons. The van der Waals surface area contributed by atoms with E-state index < -0.39 is 0 Å². The first-order valence-corrected chi connectivity index (χ1v) is 7.94. The number of urea groups is 1. The van der Waals surface area contributed by atoms with Gasteiger partial charge in [0.25, 0.3) is 0 Å². The number of halogens is 1. The van der Waals surface area contributed by atoms with E-state index in [-0.39, 0.29) is 6.03 Å². The van der Waals surface area contributed by atoms with Gasteiger partial charge < -0.3 is 10.6 Å². The molecule has 20 heavy (non-hydrogen) atoms. The van der Waals surface area contributed by atoms with Crippen LogP contribution in [0.5, 0.6) is 0 Å². The normalized spacial score (nSPS) is 19.1. The highest BCUT2D eigenvalue weighted by Gasteiger charge is 2.23. The number of aryl methyl sites for hydroxylation is 1. The van der Waals surface area contributed by atoms with E-state index in [9.17, 15) is 4.79 Å². The Morgan fingerprint density at radius 2 is 2.30 bits per heavy atom. The van der Waals surface area contributed by atoms with Crippen LogP contribution in [-0.2, 0) is 0 Å². The zero-order valence-electron chi connectivity index (χ0n) is 12.1. The third kappa shape index (κ3) is 3.96. The zero-order chi connectivity index (χ0) is 14.5. The first kappa shape index (κ1) is 15.3. The quantitative estimate of drug-likeness (QED) is 0.883. The maximum atomic E-state index is 11.9. The molecule has 1 atom stereocenters. The molecule has 0 aromatic heterocycles. The highest BCUT2D eigenvalue weighted by Crippen LogP contribution is 2.20. The van der Waals surface area contributed by atoms with E-state index >= 15 is 0 Å². The third-order valence-corrected chi connectivity index (χ3v) is 4.33. The second-order valence-corrected chi connectivity index (χ2v) is 6.13. The van der Waals surface area contributed by atoms with E-state index in [1.54, 1.807) is 0 Å². The topological polar surface area (TPSA) is 44.4 Å². The number of amides is 2. The van der Waals surface area contributed by atoms with E-state index in [0.29, 0.717) is 6.04 Å². The molecule has 1 aromatic carbocycles. The largest absolute Gasteiger partial charge is 0.336 e. The predicted molar refractivity (Wildman–Crippen MR) is 86.2 cm³/mol. The van der Waals surface area contributed by atoms with Crippen LogP contribution in [-0.4, -0.2) is 36.6 Å². The highest BCUT2D eigenvalue weighted by atomic mass is 79.9. The Balaban J connectivity index is 1.83. The third-order valence-electron chi connectivity index (χ3n) is 3.84. The maximum absolute atomic E-state index is 11.9. The maximum Gasteiger partial charge on any atom is 0.319 e. The van der Waals surface area contributed by atoms with Gasteiger partial charge in [-0.25, -0.2) is 4.79 Å². The molecule has 0 aliphatic carbocycles. The molecule has 2 rings (SSSR count). The molecule has 1 aliphatic rings. The van der Waals surface area contributed by atoms with Crippen LogP contribution in [0.3, 0.4) is 0 Å². The van der Waals surface area contributed by atoms with Gasteiger partial charge in [-0.05, 0) is 56.6 Å². The van der Waals surface area contributed by atoms with Gasteiger partial charge >= 0.3 is 6.03 Å². The zero-order valence-corrected chi connectivity index (χ0v) is 13.7. The van der Waals surface area contributed by atoms with Crippen LogP contribution in [0.4, 0.5) is 10.5 Å². The number of hydrogen-bond acceptors (Lipinski definition) is 2. The fraction of sp³-hybridized carbons (Fsp3) is 0.533. The van der Waals surface area contributed by atoms with Gasteiger partial charge in [-0.2, -0.15) is 0 Å². The molecule has 0 bridgehead atoms. The smallest absolute Gasteiger partial charge is 0.319 e. The van der Waals surface area contributed by atoms with Gasteiger partial charge in [0.2, 0.25) is 0 Å². The van der Waals surface area contributed by atoms with Crippen LogP contribution < -0.4 is 10.6 Å². The number of anilines is 1. The number of likely N-dealkylation sites (tertiary alicyclic amines) is 1. The average Bonchev–Trinajstić information content (AvgIpc) is 2.87. The number of nitrogens with one attached hydrogen (secondary N) is 2. The standard InChI is InChI=1S/C15H22BrN3O/c1-3-19-8-4-5-13(19)10-17-15(20)18-14-7-6-12(16)9-11(14)2/h6-7,9,13H,3-5,8,10H2,1-2H3,(H2,17,18,20). The molecule has 1 unspecified atom stereocenters. The van der Waals surface area contributed by atoms with Gasteiger partial charge in [0.15, 0.2) is 0 Å². The first-order chi connectivity index (χ1) is 9.60. The lowest BCUT2D eigenvalue weighted by Crippen LogP contribution is -2.41. The molecule has 4 nitrogen and oxygen atoms in total. The molecule has 1 fully saturated rings. The van der Waals surface area contributed by atoms with E-state index in [4.69, 9.17) is 0 Å². The summed E-state index contributed by atoms with van der Waals surface area (Å²) in [5.74, 6) is 0. The number of likely N-dealkylation sites (N-methyl/N-ethyl adjacent to an activating group) is 1. The van der Waals surface area contributed by atoms with Crippen molar-refractivity contribution < 1.29 is 4.79 Å². The summed E-state index contributed by atoms with van der Waals surface area (Å²) < 4.78 is 1.02. The van der Waals surface area contributed by atoms with Crippen molar-refractivity contribution in [3.05, 3.63) is 28.2 Å². The summed E-state index contributed by atoms with van der Waals surface area (Å²) in [4.78, 5) is 14.4. The summed E-state index contributed by atoms with van der Waals surface area (Å²) in [6.45, 7) is 7.07. The monoisotopic (exact) mass is 339 g/mol. The van der Waals surface area contributed by atoms with E-state index in [0.717, 1.165) is 35.4 Å². The fourth-order valence-corrected chi connectivity index (χ4v) is 3.16. The molecule has 2 amide bonds. The minimum atomic E-state index is -0.127. The number of rotatable bonds is 4. The summed E-state index contributed by atoms with van der Waals surface area (Å²) in [7, 11) is 0. The lowest BCUT2D eigenvalue weighted by Gasteiger charge is -2.23. The van der Waals surface area contributed by atoms with Crippen LogP contribution in [0.2, 0.25) is 0 Å². The number of benzene rings is 1. The molecular formula is C15H22BrN3O. The van der Waals surface area contributed by atoms with E-state index in [2.05, 4.69) is 38.4 Å². The molecule has 5 heteroatoms. The van der Waals surface area contributed by atoms with Gasteiger partial charge in [-0.3, -0.25) is 4.90 Å². The van der Waals surface area contributed by atoms with Crippen LogP contribution in [0.25, 0.3) is 0 Å². The fourth-order valence-electron chi connectivity index (χ4n) is 2.69. The van der Waals surface area contributed by atoms with Crippen molar-refractivity contribution in [3.8, 4) is 0 Å². The second-order valence-electron chi connectivity index (χ2n) is 5.22. The first-order valence-electron chi connectivity index (χ1n) is 7.15. The molecule has 0 radical (unpaired) electrons. The summed E-state index contributed by atoms with van der Waals surface area (Å²) in [6.07, 6.45) is 2.40. The van der Waals surface area contributed by atoms with Crippen LogP contribution in [0.1, 0.15) is 25.3 Å². The lowest BCUT2D eigenvalue weighted by atomic mass is 10.2. The van der Waals surface area contributed by atoms with Crippen LogP contribution >= 0.6 is 15.9 Å². The van der Waals surface area contributed by atoms with Crippen LogP contribution in [0, 0.1) is 6.92 Å². The number of hydrogen-bond donors (Lipinski definition) is 2. The van der Waals surface area contributed by atoms with Gasteiger partial charge in [-0.15, -0.1) is 0 Å². The van der Waals surface area contributed by atoms with Crippen molar-refractivity contribution in [3.63, 3.8) is 0 Å². The molecule has 1 heterocycles. The summed E-state index contributed by atoms with van der Waals surface area (Å²) >= 11 is 3.42. The van der Waals surface area contributed by atoms with E-state index in [1.165, 1.54) is 12.8 Å². The molecule has 1 aliphatic heterocycles. The van der Waals surface area contributed by atoms with Crippen molar-refractivity contribution in [2.75, 3.05) is 25.0 Å². The Morgan fingerprint density at radius 1 is 1.50 bits per heavy atom. The summed E-state index contributed by atoms with van der Waals surface area (Å²) in [5, 5.41) is 5.88. The molecule has 0 saturated carbocycles. The van der Waals surface area contributed by atoms with Gasteiger partial charge in [0, 0.05) is 22.7 Å². The average molecular weight is 340 g/mol. The molecule has 2 N–H and O–H groups in total. The Bertz CT molecular complexity index is 478. The number of carbonyl (C=O) groups is 1. The predicted octanol–water partition coefficient (Wildman–Crippen LogP) is 3.36. The number of nitrogens with zero attached hydrogens (tertiary/aromatic N) is 1. The van der Waals surface area contributed by atoms with Crippen molar-refractivity contribution in [1.29, 1.82) is 0 Å². The molecule has 1 saturated heterocycles. The Morgan fingerprint density at radius 3 is 3.00 bits per heavy atom. The second kappa shape index (κ2) is 7.09. The van der Waals surface area contributed by atoms with Crippen molar-refractivity contribution >= 4 is 27.6 Å². The minimum absolute atomic E-state index is 0.127. The van der Waals surface area contributed by atoms with Gasteiger partial charge in [-0.1, -0.05) is 22.9 Å². The SMILES string of the molecule is CCN1CCCC1CNC(=O)Nc1ccc(Br)cc1C. The van der Waals surface area contributed by atoms with Crippen LogP contribution in [0.15, 0.2) is 22.7 Å². The van der Waals surface area contributed by atoms with E-state index in [1.807, 2.05) is 25.1 Å². The minimum Gasteiger partial charge on any atom is -0.336 e. The lowest BCUT2D eigenvalue weighted by molar-refractivity contribution is 0.238. The Labute approximate surface area is 129 Å². The van der Waals surface area contributed by atoms with Crippen molar-refractivity contribution in [2.24, 2.45) is 0 Å². The Kier molecular flexibility index (Phi) is 5.43. The van der Waals surface area contributed by atoms with Gasteiger partial charge in [0.05, 0.1) is 0 Å². The van der Waals surface area contributed by atoms with Crippen molar-refractivity contribution in [1.82, 2.24) is 10.2 Å². The van der Waals surface area contributed by atoms with Gasteiger partial charge in [0.1, 0.15) is 0 Å².